The third-order valence-electron chi connectivity index (χ3n) is 4.32. The molecule has 0 aliphatic carbocycles. The number of guanidine groups is 1. The van der Waals surface area contributed by atoms with Crippen molar-refractivity contribution in [3.63, 3.8) is 0 Å². The van der Waals surface area contributed by atoms with Crippen LogP contribution < -0.4 is 10.6 Å². The summed E-state index contributed by atoms with van der Waals surface area (Å²) in [6, 6.07) is 13.5. The van der Waals surface area contributed by atoms with Gasteiger partial charge in [0.15, 0.2) is 15.8 Å². The van der Waals surface area contributed by atoms with E-state index >= 15 is 0 Å². The average molecular weight is 422 g/mol. The number of benzene rings is 1. The second-order valence-corrected chi connectivity index (χ2v) is 10.5. The normalized spacial score (nSPS) is 12.8. The van der Waals surface area contributed by atoms with E-state index in [-0.39, 0.29) is 16.9 Å². The highest BCUT2D eigenvalue weighted by atomic mass is 32.2. The first-order valence-electron chi connectivity index (χ1n) is 9.63. The van der Waals surface area contributed by atoms with Gasteiger partial charge < -0.3 is 10.6 Å². The summed E-state index contributed by atoms with van der Waals surface area (Å²) >= 11 is 1.74. The van der Waals surface area contributed by atoms with Crippen molar-refractivity contribution >= 4 is 27.1 Å². The topological polar surface area (TPSA) is 70.6 Å². The van der Waals surface area contributed by atoms with Gasteiger partial charge in [-0.2, -0.15) is 0 Å². The molecule has 0 bridgehead atoms. The minimum absolute atomic E-state index is 0.0322. The third-order valence-corrected chi connectivity index (χ3v) is 7.24. The van der Waals surface area contributed by atoms with Crippen molar-refractivity contribution in [2.75, 3.05) is 25.4 Å². The maximum absolute atomic E-state index is 12.3. The molecule has 0 amide bonds. The highest BCUT2D eigenvalue weighted by Crippen LogP contribution is 2.27. The number of sulfone groups is 1. The number of thiophene rings is 1. The molecule has 0 spiro atoms. The van der Waals surface area contributed by atoms with E-state index in [2.05, 4.69) is 42.0 Å². The summed E-state index contributed by atoms with van der Waals surface area (Å²) in [5, 5.41) is 8.57. The first kappa shape index (κ1) is 22.4. The Balaban J connectivity index is 1.82. The van der Waals surface area contributed by atoms with Crippen LogP contribution in [-0.4, -0.2) is 39.8 Å². The Morgan fingerprint density at radius 1 is 1.11 bits per heavy atom. The van der Waals surface area contributed by atoms with E-state index in [9.17, 15) is 8.42 Å². The van der Waals surface area contributed by atoms with Gasteiger partial charge >= 0.3 is 0 Å². The largest absolute Gasteiger partial charge is 0.357 e. The second-order valence-electron chi connectivity index (χ2n) is 7.41. The molecule has 7 heteroatoms. The molecule has 0 aliphatic heterocycles. The number of hydrogen-bond donors (Lipinski definition) is 2. The quantitative estimate of drug-likeness (QED) is 0.349. The van der Waals surface area contributed by atoms with Crippen molar-refractivity contribution in [3.05, 3.63) is 58.3 Å². The number of nitrogens with zero attached hydrogens (tertiary/aromatic N) is 1. The Morgan fingerprint density at radius 2 is 1.86 bits per heavy atom. The lowest BCUT2D eigenvalue weighted by atomic mass is 9.92. The maximum atomic E-state index is 12.3. The van der Waals surface area contributed by atoms with E-state index in [0.717, 1.165) is 18.1 Å². The molecule has 0 unspecified atom stereocenters. The molecule has 0 saturated carbocycles. The summed E-state index contributed by atoms with van der Waals surface area (Å²) in [7, 11) is -3.11. The van der Waals surface area contributed by atoms with Gasteiger partial charge in [-0.1, -0.05) is 50.2 Å². The van der Waals surface area contributed by atoms with Crippen LogP contribution >= 0.6 is 11.3 Å². The van der Waals surface area contributed by atoms with Crippen LogP contribution in [0.3, 0.4) is 0 Å². The monoisotopic (exact) mass is 421 g/mol. The van der Waals surface area contributed by atoms with Crippen LogP contribution in [-0.2, 0) is 21.0 Å². The van der Waals surface area contributed by atoms with E-state index < -0.39 is 9.84 Å². The van der Waals surface area contributed by atoms with E-state index in [4.69, 9.17) is 4.99 Å². The summed E-state index contributed by atoms with van der Waals surface area (Å²) in [6.45, 7) is 8.38. The predicted octanol–water partition coefficient (Wildman–Crippen LogP) is 3.59. The SMILES string of the molecule is CCNC(=NCC(C)(C)c1cccs1)NCCCS(=O)(=O)Cc1ccccc1. The van der Waals surface area contributed by atoms with Gasteiger partial charge in [0.25, 0.3) is 0 Å². The maximum Gasteiger partial charge on any atom is 0.191 e. The first-order valence-corrected chi connectivity index (χ1v) is 12.3. The van der Waals surface area contributed by atoms with Gasteiger partial charge in [0.05, 0.1) is 18.1 Å². The molecule has 1 aromatic heterocycles. The molecule has 1 heterocycles. The average Bonchev–Trinajstić information content (AvgIpc) is 3.19. The Kier molecular flexibility index (Phi) is 8.51. The number of rotatable bonds is 10. The molecule has 0 saturated heterocycles. The molecule has 1 aromatic carbocycles. The van der Waals surface area contributed by atoms with Crippen LogP contribution in [0.15, 0.2) is 52.8 Å². The Morgan fingerprint density at radius 3 is 2.50 bits per heavy atom. The molecule has 0 radical (unpaired) electrons. The zero-order valence-corrected chi connectivity index (χ0v) is 18.6. The summed E-state index contributed by atoms with van der Waals surface area (Å²) in [4.78, 5) is 6.00. The Hall–Kier alpha value is -1.86. The Bertz CT molecular complexity index is 830. The fourth-order valence-corrected chi connectivity index (χ4v) is 5.03. The molecular weight excluding hydrogens is 390 g/mol. The van der Waals surface area contributed by atoms with E-state index in [1.165, 1.54) is 4.88 Å². The number of hydrogen-bond acceptors (Lipinski definition) is 4. The molecule has 2 rings (SSSR count). The van der Waals surface area contributed by atoms with Crippen molar-refractivity contribution in [3.8, 4) is 0 Å². The lowest BCUT2D eigenvalue weighted by Gasteiger charge is -2.21. The molecule has 2 aromatic rings. The number of aliphatic imine (C=N–C) groups is 1. The summed E-state index contributed by atoms with van der Waals surface area (Å²) < 4.78 is 24.6. The van der Waals surface area contributed by atoms with Gasteiger partial charge in [0, 0.05) is 23.4 Å². The van der Waals surface area contributed by atoms with Gasteiger partial charge in [-0.05, 0) is 30.4 Å². The lowest BCUT2D eigenvalue weighted by molar-refractivity contribution is 0.548. The summed E-state index contributed by atoms with van der Waals surface area (Å²) in [6.07, 6.45) is 0.550. The van der Waals surface area contributed by atoms with Crippen molar-refractivity contribution in [1.29, 1.82) is 0 Å². The fourth-order valence-electron chi connectivity index (χ4n) is 2.76. The van der Waals surface area contributed by atoms with Crippen LogP contribution in [0, 0.1) is 0 Å². The van der Waals surface area contributed by atoms with Crippen LogP contribution in [0.2, 0.25) is 0 Å². The van der Waals surface area contributed by atoms with Gasteiger partial charge in [0.1, 0.15) is 0 Å². The van der Waals surface area contributed by atoms with Gasteiger partial charge in [-0.3, -0.25) is 4.99 Å². The molecule has 28 heavy (non-hydrogen) atoms. The standard InChI is InChI=1S/C21H31N3O2S2/c1-4-22-20(24-17-21(2,3)19-12-8-14-27-19)23-13-9-15-28(25,26)16-18-10-6-5-7-11-18/h5-8,10-12,14H,4,9,13,15-17H2,1-3H3,(H2,22,23,24). The lowest BCUT2D eigenvalue weighted by Crippen LogP contribution is -2.39. The fraction of sp³-hybridized carbons (Fsp3) is 0.476. The molecular formula is C21H31N3O2S2. The van der Waals surface area contributed by atoms with Crippen molar-refractivity contribution in [2.24, 2.45) is 4.99 Å². The van der Waals surface area contributed by atoms with Crippen molar-refractivity contribution in [1.82, 2.24) is 10.6 Å². The minimum Gasteiger partial charge on any atom is -0.357 e. The molecule has 5 nitrogen and oxygen atoms in total. The van der Waals surface area contributed by atoms with Crippen LogP contribution in [0.25, 0.3) is 0 Å². The molecule has 0 aliphatic rings. The molecule has 0 atom stereocenters. The number of nitrogens with one attached hydrogen (secondary N) is 2. The van der Waals surface area contributed by atoms with Gasteiger partial charge in [-0.15, -0.1) is 11.3 Å². The molecule has 0 fully saturated rings. The predicted molar refractivity (Wildman–Crippen MR) is 120 cm³/mol. The second kappa shape index (κ2) is 10.6. The minimum atomic E-state index is -3.11. The third kappa shape index (κ3) is 7.64. The molecule has 154 valence electrons. The van der Waals surface area contributed by atoms with Gasteiger partial charge in [0.2, 0.25) is 0 Å². The highest BCUT2D eigenvalue weighted by Gasteiger charge is 2.21. The Labute approximate surface area is 173 Å². The zero-order chi connectivity index (χ0) is 20.5. The van der Waals surface area contributed by atoms with E-state index in [1.807, 2.05) is 37.3 Å². The first-order chi connectivity index (χ1) is 13.3. The zero-order valence-electron chi connectivity index (χ0n) is 16.9. The molecule has 2 N–H and O–H groups in total. The van der Waals surface area contributed by atoms with Crippen LogP contribution in [0.1, 0.15) is 37.6 Å². The smallest absolute Gasteiger partial charge is 0.191 e. The van der Waals surface area contributed by atoms with E-state index in [0.29, 0.717) is 19.5 Å². The van der Waals surface area contributed by atoms with Crippen molar-refractivity contribution in [2.45, 2.75) is 38.4 Å². The summed E-state index contributed by atoms with van der Waals surface area (Å²) in [5.41, 5.74) is 0.802. The van der Waals surface area contributed by atoms with Gasteiger partial charge in [-0.25, -0.2) is 8.42 Å². The highest BCUT2D eigenvalue weighted by molar-refractivity contribution is 7.90. The van der Waals surface area contributed by atoms with E-state index in [1.54, 1.807) is 11.3 Å². The van der Waals surface area contributed by atoms with Crippen LogP contribution in [0.4, 0.5) is 0 Å². The van der Waals surface area contributed by atoms with Crippen molar-refractivity contribution < 1.29 is 8.42 Å². The summed E-state index contributed by atoms with van der Waals surface area (Å²) in [5.74, 6) is 0.985. The van der Waals surface area contributed by atoms with Crippen LogP contribution in [0.5, 0.6) is 0 Å².